The van der Waals surface area contributed by atoms with Crippen molar-refractivity contribution in [1.29, 1.82) is 0 Å². The molecule has 0 fully saturated rings. The molecule has 13 heavy (non-hydrogen) atoms. The van der Waals surface area contributed by atoms with Gasteiger partial charge in [-0.25, -0.2) is 0 Å². The van der Waals surface area contributed by atoms with Crippen molar-refractivity contribution in [2.24, 2.45) is 0 Å². The fraction of sp³-hybridized carbons (Fsp3) is 0.222. The molecular formula is C9H8BrNO2. The summed E-state index contributed by atoms with van der Waals surface area (Å²) >= 11 is 3.37. The molecule has 0 spiro atoms. The number of fused-ring (bicyclic) bond motifs is 1. The van der Waals surface area contributed by atoms with Crippen LogP contribution in [0.1, 0.15) is 15.9 Å². The van der Waals surface area contributed by atoms with Crippen molar-refractivity contribution in [1.82, 2.24) is 5.32 Å². The molecule has 1 aromatic carbocycles. The first-order chi connectivity index (χ1) is 6.22. The first-order valence-electron chi connectivity index (χ1n) is 3.87. The van der Waals surface area contributed by atoms with Crippen molar-refractivity contribution < 1.29 is 9.53 Å². The highest BCUT2D eigenvalue weighted by molar-refractivity contribution is 9.10. The van der Waals surface area contributed by atoms with Crippen LogP contribution in [-0.2, 0) is 6.54 Å². The van der Waals surface area contributed by atoms with Crippen molar-refractivity contribution >= 4 is 21.8 Å². The van der Waals surface area contributed by atoms with Crippen molar-refractivity contribution in [3.8, 4) is 5.75 Å². The molecule has 0 saturated heterocycles. The van der Waals surface area contributed by atoms with E-state index in [2.05, 4.69) is 21.2 Å². The van der Waals surface area contributed by atoms with Gasteiger partial charge in [-0.05, 0) is 33.6 Å². The van der Waals surface area contributed by atoms with E-state index in [-0.39, 0.29) is 5.91 Å². The number of hydrogen-bond donors (Lipinski definition) is 1. The zero-order chi connectivity index (χ0) is 9.42. The smallest absolute Gasteiger partial charge is 0.252 e. The molecule has 1 aliphatic rings. The van der Waals surface area contributed by atoms with Crippen LogP contribution in [0.15, 0.2) is 16.6 Å². The van der Waals surface area contributed by atoms with Gasteiger partial charge in [0.1, 0.15) is 5.75 Å². The molecule has 0 saturated carbocycles. The second kappa shape index (κ2) is 3.03. The van der Waals surface area contributed by atoms with Gasteiger partial charge in [0, 0.05) is 12.1 Å². The highest BCUT2D eigenvalue weighted by Crippen LogP contribution is 2.30. The zero-order valence-electron chi connectivity index (χ0n) is 7.06. The molecule has 2 rings (SSSR count). The van der Waals surface area contributed by atoms with Crippen LogP contribution in [0.2, 0.25) is 0 Å². The number of amides is 1. The van der Waals surface area contributed by atoms with Crippen LogP contribution in [-0.4, -0.2) is 13.0 Å². The summed E-state index contributed by atoms with van der Waals surface area (Å²) in [4.78, 5) is 11.3. The van der Waals surface area contributed by atoms with Gasteiger partial charge < -0.3 is 10.1 Å². The number of ether oxygens (including phenoxy) is 1. The van der Waals surface area contributed by atoms with Crippen molar-refractivity contribution in [2.45, 2.75) is 6.54 Å². The summed E-state index contributed by atoms with van der Waals surface area (Å²) in [7, 11) is 1.58. The molecule has 0 aromatic heterocycles. The Bertz CT molecular complexity index is 376. The van der Waals surface area contributed by atoms with Crippen LogP contribution in [0.3, 0.4) is 0 Å². The minimum absolute atomic E-state index is 0.0270. The third-order valence-electron chi connectivity index (χ3n) is 2.06. The number of hydrogen-bond acceptors (Lipinski definition) is 2. The first-order valence-corrected chi connectivity index (χ1v) is 4.66. The quantitative estimate of drug-likeness (QED) is 0.813. The van der Waals surface area contributed by atoms with Gasteiger partial charge in [0.25, 0.3) is 5.91 Å². The van der Waals surface area contributed by atoms with Crippen LogP contribution in [0.25, 0.3) is 0 Å². The molecule has 0 radical (unpaired) electrons. The summed E-state index contributed by atoms with van der Waals surface area (Å²) in [6, 6.07) is 3.66. The molecule has 0 aliphatic carbocycles. The highest BCUT2D eigenvalue weighted by atomic mass is 79.9. The molecule has 4 heteroatoms. The minimum Gasteiger partial charge on any atom is -0.496 e. The van der Waals surface area contributed by atoms with E-state index in [1.807, 2.05) is 6.07 Å². The average molecular weight is 242 g/mol. The third-order valence-corrected chi connectivity index (χ3v) is 2.68. The summed E-state index contributed by atoms with van der Waals surface area (Å²) in [6.07, 6.45) is 0. The van der Waals surface area contributed by atoms with Crippen LogP contribution >= 0.6 is 15.9 Å². The lowest BCUT2D eigenvalue weighted by Gasteiger charge is -2.04. The molecule has 0 bridgehead atoms. The fourth-order valence-corrected chi connectivity index (χ4v) is 1.93. The molecule has 0 unspecified atom stereocenters. The number of halogens is 1. The third kappa shape index (κ3) is 1.31. The predicted octanol–water partition coefficient (Wildman–Crippen LogP) is 1.70. The second-order valence-electron chi connectivity index (χ2n) is 2.83. The Balaban J connectivity index is 2.57. The molecule has 68 valence electrons. The van der Waals surface area contributed by atoms with E-state index >= 15 is 0 Å². The van der Waals surface area contributed by atoms with Gasteiger partial charge in [0.2, 0.25) is 0 Å². The highest BCUT2D eigenvalue weighted by Gasteiger charge is 2.20. The average Bonchev–Trinajstić information content (AvgIpc) is 2.46. The van der Waals surface area contributed by atoms with E-state index in [1.54, 1.807) is 13.2 Å². The molecule has 1 aliphatic heterocycles. The van der Waals surface area contributed by atoms with E-state index in [9.17, 15) is 4.79 Å². The van der Waals surface area contributed by atoms with Gasteiger partial charge >= 0.3 is 0 Å². The Kier molecular flexibility index (Phi) is 2.00. The zero-order valence-corrected chi connectivity index (χ0v) is 8.64. The van der Waals surface area contributed by atoms with E-state index in [4.69, 9.17) is 4.74 Å². The van der Waals surface area contributed by atoms with Gasteiger partial charge in [-0.15, -0.1) is 0 Å². The van der Waals surface area contributed by atoms with Gasteiger partial charge in [-0.1, -0.05) is 0 Å². The van der Waals surface area contributed by atoms with E-state index in [0.29, 0.717) is 17.9 Å². The van der Waals surface area contributed by atoms with Crippen LogP contribution < -0.4 is 10.1 Å². The maximum absolute atomic E-state index is 11.3. The molecular weight excluding hydrogens is 234 g/mol. The SMILES string of the molecule is COc1cc2c(cc1Br)CNC2=O. The molecule has 1 N–H and O–H groups in total. The van der Waals surface area contributed by atoms with Gasteiger partial charge in [0.05, 0.1) is 11.6 Å². The summed E-state index contributed by atoms with van der Waals surface area (Å²) in [5.74, 6) is 0.664. The van der Waals surface area contributed by atoms with E-state index in [1.165, 1.54) is 0 Å². The summed E-state index contributed by atoms with van der Waals surface area (Å²) < 4.78 is 5.97. The van der Waals surface area contributed by atoms with Crippen molar-refractivity contribution in [3.63, 3.8) is 0 Å². The van der Waals surface area contributed by atoms with Crippen LogP contribution in [0.4, 0.5) is 0 Å². The lowest BCUT2D eigenvalue weighted by Crippen LogP contribution is -2.12. The maximum atomic E-state index is 11.3. The summed E-state index contributed by atoms with van der Waals surface area (Å²) in [5.41, 5.74) is 1.72. The minimum atomic E-state index is -0.0270. The number of carbonyl (C=O) groups excluding carboxylic acids is 1. The van der Waals surface area contributed by atoms with Crippen molar-refractivity contribution in [3.05, 3.63) is 27.7 Å². The summed E-state index contributed by atoms with van der Waals surface area (Å²) in [6.45, 7) is 0.608. The van der Waals surface area contributed by atoms with Gasteiger partial charge in [-0.3, -0.25) is 4.79 Å². The molecule has 1 heterocycles. The lowest BCUT2D eigenvalue weighted by atomic mass is 10.1. The molecule has 1 aromatic rings. The Labute approximate surface area is 84.2 Å². The predicted molar refractivity (Wildman–Crippen MR) is 51.9 cm³/mol. The van der Waals surface area contributed by atoms with Gasteiger partial charge in [-0.2, -0.15) is 0 Å². The van der Waals surface area contributed by atoms with Crippen molar-refractivity contribution in [2.75, 3.05) is 7.11 Å². The Morgan fingerprint density at radius 3 is 3.00 bits per heavy atom. The molecule has 3 nitrogen and oxygen atoms in total. The maximum Gasteiger partial charge on any atom is 0.252 e. The largest absolute Gasteiger partial charge is 0.496 e. The van der Waals surface area contributed by atoms with E-state index in [0.717, 1.165) is 10.0 Å². The monoisotopic (exact) mass is 241 g/mol. The normalized spacial score (nSPS) is 13.8. The van der Waals surface area contributed by atoms with Gasteiger partial charge in [0.15, 0.2) is 0 Å². The Hall–Kier alpha value is -1.03. The number of nitrogens with one attached hydrogen (secondary N) is 1. The second-order valence-corrected chi connectivity index (χ2v) is 3.68. The Morgan fingerprint density at radius 2 is 2.31 bits per heavy atom. The first kappa shape index (κ1) is 8.56. The number of rotatable bonds is 1. The molecule has 1 amide bonds. The summed E-state index contributed by atoms with van der Waals surface area (Å²) in [5, 5.41) is 2.75. The Morgan fingerprint density at radius 1 is 1.54 bits per heavy atom. The number of benzene rings is 1. The van der Waals surface area contributed by atoms with E-state index < -0.39 is 0 Å². The fourth-order valence-electron chi connectivity index (χ4n) is 1.38. The standard InChI is InChI=1S/C9H8BrNO2/c1-13-8-3-6-5(2-7(8)10)4-11-9(6)12/h2-3H,4H2,1H3,(H,11,12). The number of methoxy groups -OCH3 is 1. The molecule has 0 atom stereocenters. The van der Waals surface area contributed by atoms with Crippen LogP contribution in [0, 0.1) is 0 Å². The van der Waals surface area contributed by atoms with Crippen LogP contribution in [0.5, 0.6) is 5.75 Å². The topological polar surface area (TPSA) is 38.3 Å². The lowest BCUT2D eigenvalue weighted by molar-refractivity contribution is 0.0965. The number of carbonyl (C=O) groups is 1.